The molecule has 0 aromatic heterocycles. The summed E-state index contributed by atoms with van der Waals surface area (Å²) in [5.41, 5.74) is 1.67. The van der Waals surface area contributed by atoms with Crippen molar-refractivity contribution in [3.63, 3.8) is 0 Å². The van der Waals surface area contributed by atoms with Crippen LogP contribution in [0.5, 0.6) is 5.75 Å². The second-order valence-electron chi connectivity index (χ2n) is 4.79. The van der Waals surface area contributed by atoms with Gasteiger partial charge in [-0.25, -0.2) is 0 Å². The lowest BCUT2D eigenvalue weighted by atomic mass is 10.1. The average Bonchev–Trinajstić information content (AvgIpc) is 2.52. The number of benzene rings is 2. The van der Waals surface area contributed by atoms with Crippen LogP contribution in [-0.2, 0) is 0 Å². The zero-order valence-corrected chi connectivity index (χ0v) is 12.8. The molecule has 0 aliphatic heterocycles. The molecule has 0 fully saturated rings. The van der Waals surface area contributed by atoms with E-state index in [9.17, 15) is 5.11 Å². The zero-order valence-electron chi connectivity index (χ0n) is 12.1. The first-order chi connectivity index (χ1) is 10.2. The van der Waals surface area contributed by atoms with Gasteiger partial charge in [0.05, 0.1) is 12.7 Å². The molecule has 0 saturated heterocycles. The van der Waals surface area contributed by atoms with Gasteiger partial charge in [-0.05, 0) is 36.8 Å². The van der Waals surface area contributed by atoms with Crippen molar-refractivity contribution in [2.24, 2.45) is 0 Å². The minimum Gasteiger partial charge on any atom is -0.494 e. The third-order valence-corrected chi connectivity index (χ3v) is 3.44. The molecule has 21 heavy (non-hydrogen) atoms. The van der Waals surface area contributed by atoms with Crippen LogP contribution in [0.4, 0.5) is 5.69 Å². The number of aliphatic hydroxyl groups is 1. The molecule has 0 spiro atoms. The SMILES string of the molecule is CCCOc1ccc(NCC(O)c2ccccc2Cl)cc1. The number of aliphatic hydroxyl groups excluding tert-OH is 1. The summed E-state index contributed by atoms with van der Waals surface area (Å²) in [5, 5.41) is 13.9. The summed E-state index contributed by atoms with van der Waals surface area (Å²) in [6.45, 7) is 3.20. The summed E-state index contributed by atoms with van der Waals surface area (Å²) in [5.74, 6) is 0.856. The van der Waals surface area contributed by atoms with Crippen LogP contribution in [0.2, 0.25) is 5.02 Å². The Morgan fingerprint density at radius 3 is 2.52 bits per heavy atom. The second-order valence-corrected chi connectivity index (χ2v) is 5.20. The fourth-order valence-electron chi connectivity index (χ4n) is 1.96. The van der Waals surface area contributed by atoms with Gasteiger partial charge in [-0.2, -0.15) is 0 Å². The largest absolute Gasteiger partial charge is 0.494 e. The molecule has 1 unspecified atom stereocenters. The Kier molecular flexibility index (Phi) is 5.90. The quantitative estimate of drug-likeness (QED) is 0.802. The van der Waals surface area contributed by atoms with Gasteiger partial charge in [0.15, 0.2) is 0 Å². The van der Waals surface area contributed by atoms with E-state index in [1.54, 1.807) is 6.07 Å². The molecule has 0 amide bonds. The molecule has 112 valence electrons. The summed E-state index contributed by atoms with van der Waals surface area (Å²) in [4.78, 5) is 0. The first-order valence-corrected chi connectivity index (χ1v) is 7.47. The fourth-order valence-corrected chi connectivity index (χ4v) is 2.22. The molecule has 0 bridgehead atoms. The van der Waals surface area contributed by atoms with E-state index in [1.807, 2.05) is 42.5 Å². The molecule has 2 aromatic carbocycles. The Bertz CT molecular complexity index is 557. The Morgan fingerprint density at radius 2 is 1.86 bits per heavy atom. The predicted octanol–water partition coefficient (Wildman–Crippen LogP) is 4.27. The maximum atomic E-state index is 10.2. The first kappa shape index (κ1) is 15.7. The number of ether oxygens (including phenoxy) is 1. The van der Waals surface area contributed by atoms with Crippen molar-refractivity contribution in [1.82, 2.24) is 0 Å². The third kappa shape index (κ3) is 4.66. The van der Waals surface area contributed by atoms with Gasteiger partial charge < -0.3 is 15.2 Å². The van der Waals surface area contributed by atoms with Crippen molar-refractivity contribution in [3.05, 3.63) is 59.1 Å². The minimum atomic E-state index is -0.644. The fraction of sp³-hybridized carbons (Fsp3) is 0.294. The smallest absolute Gasteiger partial charge is 0.119 e. The van der Waals surface area contributed by atoms with Crippen molar-refractivity contribution in [3.8, 4) is 5.75 Å². The van der Waals surface area contributed by atoms with Crippen LogP contribution < -0.4 is 10.1 Å². The highest BCUT2D eigenvalue weighted by Gasteiger charge is 2.10. The lowest BCUT2D eigenvalue weighted by molar-refractivity contribution is 0.192. The molecule has 4 heteroatoms. The van der Waals surface area contributed by atoms with Crippen LogP contribution in [0.15, 0.2) is 48.5 Å². The molecule has 0 saturated carbocycles. The van der Waals surface area contributed by atoms with E-state index in [4.69, 9.17) is 16.3 Å². The summed E-state index contributed by atoms with van der Waals surface area (Å²) in [6.07, 6.45) is 0.346. The van der Waals surface area contributed by atoms with E-state index in [1.165, 1.54) is 0 Å². The lowest BCUT2D eigenvalue weighted by Gasteiger charge is -2.14. The number of halogens is 1. The summed E-state index contributed by atoms with van der Waals surface area (Å²) in [7, 11) is 0. The molecule has 0 aliphatic rings. The number of nitrogens with one attached hydrogen (secondary N) is 1. The first-order valence-electron chi connectivity index (χ1n) is 7.10. The van der Waals surface area contributed by atoms with Gasteiger partial charge >= 0.3 is 0 Å². The lowest BCUT2D eigenvalue weighted by Crippen LogP contribution is -2.12. The summed E-state index contributed by atoms with van der Waals surface area (Å²) in [6, 6.07) is 15.0. The van der Waals surface area contributed by atoms with Crippen LogP contribution >= 0.6 is 11.6 Å². The monoisotopic (exact) mass is 305 g/mol. The van der Waals surface area contributed by atoms with Gasteiger partial charge in [-0.3, -0.25) is 0 Å². The van der Waals surface area contributed by atoms with Crippen LogP contribution in [0, 0.1) is 0 Å². The standard InChI is InChI=1S/C17H20ClNO2/c1-2-11-21-14-9-7-13(8-10-14)19-12-17(20)15-5-3-4-6-16(15)18/h3-10,17,19-20H,2,11-12H2,1H3. The van der Waals surface area contributed by atoms with Crippen molar-refractivity contribution < 1.29 is 9.84 Å². The van der Waals surface area contributed by atoms with Gasteiger partial charge in [0, 0.05) is 22.8 Å². The Balaban J connectivity index is 1.89. The van der Waals surface area contributed by atoms with Crippen LogP contribution in [0.3, 0.4) is 0 Å². The van der Waals surface area contributed by atoms with Crippen LogP contribution in [-0.4, -0.2) is 18.3 Å². The predicted molar refractivity (Wildman–Crippen MR) is 87.1 cm³/mol. The number of hydrogen-bond acceptors (Lipinski definition) is 3. The van der Waals surface area contributed by atoms with Crippen LogP contribution in [0.1, 0.15) is 25.0 Å². The van der Waals surface area contributed by atoms with E-state index >= 15 is 0 Å². The highest BCUT2D eigenvalue weighted by atomic mass is 35.5. The van der Waals surface area contributed by atoms with E-state index in [0.29, 0.717) is 11.6 Å². The Labute approximate surface area is 130 Å². The van der Waals surface area contributed by atoms with Crippen LogP contribution in [0.25, 0.3) is 0 Å². The van der Waals surface area contributed by atoms with Crippen molar-refractivity contribution in [1.29, 1.82) is 0 Å². The van der Waals surface area contributed by atoms with Gasteiger partial charge in [0.25, 0.3) is 0 Å². The maximum Gasteiger partial charge on any atom is 0.119 e. The third-order valence-electron chi connectivity index (χ3n) is 3.09. The minimum absolute atomic E-state index is 0.402. The molecule has 0 heterocycles. The zero-order chi connectivity index (χ0) is 15.1. The maximum absolute atomic E-state index is 10.2. The molecule has 0 aliphatic carbocycles. The van der Waals surface area contributed by atoms with Gasteiger partial charge in [-0.1, -0.05) is 36.7 Å². The van der Waals surface area contributed by atoms with Crippen molar-refractivity contribution >= 4 is 17.3 Å². The van der Waals surface area contributed by atoms with Gasteiger partial charge in [-0.15, -0.1) is 0 Å². The molecular weight excluding hydrogens is 286 g/mol. The van der Waals surface area contributed by atoms with Gasteiger partial charge in [0.1, 0.15) is 5.75 Å². The number of anilines is 1. The molecule has 2 N–H and O–H groups in total. The molecule has 2 rings (SSSR count). The summed E-state index contributed by atoms with van der Waals surface area (Å²) >= 11 is 6.07. The van der Waals surface area contributed by atoms with Crippen molar-refractivity contribution in [2.45, 2.75) is 19.4 Å². The Hall–Kier alpha value is -1.71. The van der Waals surface area contributed by atoms with Gasteiger partial charge in [0.2, 0.25) is 0 Å². The molecule has 1 atom stereocenters. The average molecular weight is 306 g/mol. The van der Waals surface area contributed by atoms with E-state index in [-0.39, 0.29) is 0 Å². The highest BCUT2D eigenvalue weighted by Crippen LogP contribution is 2.23. The van der Waals surface area contributed by atoms with Crippen molar-refractivity contribution in [2.75, 3.05) is 18.5 Å². The number of hydrogen-bond donors (Lipinski definition) is 2. The van der Waals surface area contributed by atoms with E-state index in [0.717, 1.165) is 30.0 Å². The number of rotatable bonds is 7. The Morgan fingerprint density at radius 1 is 1.14 bits per heavy atom. The second kappa shape index (κ2) is 7.91. The molecular formula is C17H20ClNO2. The normalized spacial score (nSPS) is 12.0. The molecule has 2 aromatic rings. The van der Waals surface area contributed by atoms with E-state index in [2.05, 4.69) is 12.2 Å². The topological polar surface area (TPSA) is 41.5 Å². The summed E-state index contributed by atoms with van der Waals surface area (Å²) < 4.78 is 5.53. The van der Waals surface area contributed by atoms with E-state index < -0.39 is 6.10 Å². The molecule has 0 radical (unpaired) electrons. The molecule has 3 nitrogen and oxygen atoms in total. The highest BCUT2D eigenvalue weighted by molar-refractivity contribution is 6.31.